The van der Waals surface area contributed by atoms with Gasteiger partial charge < -0.3 is 14.6 Å². The second-order valence-electron chi connectivity index (χ2n) is 6.48. The number of hydrogen-bond acceptors (Lipinski definition) is 3. The fourth-order valence-electron chi connectivity index (χ4n) is 3.08. The minimum atomic E-state index is -0.0204. The molecule has 0 saturated carbocycles. The zero-order valence-corrected chi connectivity index (χ0v) is 14.7. The van der Waals surface area contributed by atoms with E-state index in [0.29, 0.717) is 37.7 Å². The average molecular weight is 347 g/mol. The smallest absolute Gasteiger partial charge is 0.257 e. The van der Waals surface area contributed by atoms with Gasteiger partial charge in [-0.15, -0.1) is 0 Å². The number of nitrogens with zero attached hydrogens (tertiary/aromatic N) is 2. The maximum absolute atomic E-state index is 13.2. The SMILES string of the molecule is Cc1ccc(/C=C(/C(=O)N2CCOCC2)c2nc3ccccc3[nH]2)cc1. The molecule has 1 amide bonds. The largest absolute Gasteiger partial charge is 0.378 e. The van der Waals surface area contributed by atoms with Gasteiger partial charge in [-0.25, -0.2) is 4.98 Å². The monoisotopic (exact) mass is 347 g/mol. The zero-order valence-electron chi connectivity index (χ0n) is 14.7. The van der Waals surface area contributed by atoms with E-state index in [1.165, 1.54) is 5.56 Å². The number of fused-ring (bicyclic) bond motifs is 1. The van der Waals surface area contributed by atoms with E-state index >= 15 is 0 Å². The van der Waals surface area contributed by atoms with Crippen LogP contribution in [0.2, 0.25) is 0 Å². The summed E-state index contributed by atoms with van der Waals surface area (Å²) in [6.45, 7) is 4.40. The summed E-state index contributed by atoms with van der Waals surface area (Å²) in [6.07, 6.45) is 1.91. The van der Waals surface area contributed by atoms with Gasteiger partial charge in [0.2, 0.25) is 0 Å². The van der Waals surface area contributed by atoms with Crippen molar-refractivity contribution in [2.24, 2.45) is 0 Å². The van der Waals surface area contributed by atoms with E-state index in [9.17, 15) is 4.79 Å². The van der Waals surface area contributed by atoms with Crippen LogP contribution in [0.3, 0.4) is 0 Å². The topological polar surface area (TPSA) is 58.2 Å². The maximum Gasteiger partial charge on any atom is 0.257 e. The van der Waals surface area contributed by atoms with Crippen molar-refractivity contribution in [3.8, 4) is 0 Å². The highest BCUT2D eigenvalue weighted by atomic mass is 16.5. The molecule has 2 heterocycles. The number of para-hydroxylation sites is 2. The van der Waals surface area contributed by atoms with Crippen LogP contribution in [-0.4, -0.2) is 47.1 Å². The second-order valence-corrected chi connectivity index (χ2v) is 6.48. The van der Waals surface area contributed by atoms with Crippen LogP contribution in [0, 0.1) is 6.92 Å². The van der Waals surface area contributed by atoms with Crippen LogP contribution in [0.25, 0.3) is 22.7 Å². The molecule has 132 valence electrons. The Morgan fingerprint density at radius 2 is 1.85 bits per heavy atom. The zero-order chi connectivity index (χ0) is 17.9. The molecular weight excluding hydrogens is 326 g/mol. The van der Waals surface area contributed by atoms with Crippen LogP contribution >= 0.6 is 0 Å². The van der Waals surface area contributed by atoms with E-state index in [0.717, 1.165) is 16.6 Å². The van der Waals surface area contributed by atoms with Crippen molar-refractivity contribution in [2.75, 3.05) is 26.3 Å². The number of amides is 1. The summed E-state index contributed by atoms with van der Waals surface area (Å²) >= 11 is 0. The molecule has 2 aromatic carbocycles. The number of carbonyl (C=O) groups is 1. The summed E-state index contributed by atoms with van der Waals surface area (Å²) in [7, 11) is 0. The predicted octanol–water partition coefficient (Wildman–Crippen LogP) is 3.27. The van der Waals surface area contributed by atoms with Gasteiger partial charge in [0, 0.05) is 13.1 Å². The van der Waals surface area contributed by atoms with Crippen molar-refractivity contribution < 1.29 is 9.53 Å². The number of morpholine rings is 1. The van der Waals surface area contributed by atoms with Gasteiger partial charge in [-0.1, -0.05) is 42.0 Å². The molecule has 0 spiro atoms. The number of imidazole rings is 1. The lowest BCUT2D eigenvalue weighted by atomic mass is 10.1. The Morgan fingerprint density at radius 1 is 1.12 bits per heavy atom. The highest BCUT2D eigenvalue weighted by Crippen LogP contribution is 2.22. The third-order valence-corrected chi connectivity index (χ3v) is 4.56. The number of rotatable bonds is 3. The van der Waals surface area contributed by atoms with Crippen LogP contribution < -0.4 is 0 Å². The summed E-state index contributed by atoms with van der Waals surface area (Å²) in [5.41, 5.74) is 4.52. The van der Waals surface area contributed by atoms with E-state index in [1.54, 1.807) is 0 Å². The first-order valence-corrected chi connectivity index (χ1v) is 8.81. The molecule has 0 radical (unpaired) electrons. The number of benzene rings is 2. The molecule has 1 N–H and O–H groups in total. The Bertz CT molecular complexity index is 918. The van der Waals surface area contributed by atoms with Crippen molar-refractivity contribution in [1.29, 1.82) is 0 Å². The Balaban J connectivity index is 1.77. The van der Waals surface area contributed by atoms with E-state index < -0.39 is 0 Å². The normalized spacial score (nSPS) is 15.4. The first-order valence-electron chi connectivity index (χ1n) is 8.81. The molecule has 26 heavy (non-hydrogen) atoms. The van der Waals surface area contributed by atoms with Gasteiger partial charge in [-0.3, -0.25) is 4.79 Å². The Hall–Kier alpha value is -2.92. The van der Waals surface area contributed by atoms with E-state index in [4.69, 9.17) is 4.74 Å². The number of hydrogen-bond donors (Lipinski definition) is 1. The summed E-state index contributed by atoms with van der Waals surface area (Å²) in [4.78, 5) is 22.9. The lowest BCUT2D eigenvalue weighted by Crippen LogP contribution is -2.41. The van der Waals surface area contributed by atoms with Gasteiger partial charge in [0.05, 0.1) is 29.8 Å². The first-order chi connectivity index (χ1) is 12.7. The molecule has 1 aliphatic heterocycles. The molecular formula is C21H21N3O2. The highest BCUT2D eigenvalue weighted by Gasteiger charge is 2.24. The lowest BCUT2D eigenvalue weighted by Gasteiger charge is -2.27. The van der Waals surface area contributed by atoms with Crippen molar-refractivity contribution in [3.05, 3.63) is 65.5 Å². The summed E-state index contributed by atoms with van der Waals surface area (Å²) in [6, 6.07) is 15.9. The van der Waals surface area contributed by atoms with Gasteiger partial charge in [0.1, 0.15) is 5.82 Å². The van der Waals surface area contributed by atoms with Crippen molar-refractivity contribution >= 4 is 28.6 Å². The molecule has 0 bridgehead atoms. The average Bonchev–Trinajstić information content (AvgIpc) is 3.11. The summed E-state index contributed by atoms with van der Waals surface area (Å²) in [5.74, 6) is 0.580. The van der Waals surface area contributed by atoms with Crippen LogP contribution in [0.5, 0.6) is 0 Å². The molecule has 1 aliphatic rings. The van der Waals surface area contributed by atoms with Crippen LogP contribution in [0.15, 0.2) is 48.5 Å². The van der Waals surface area contributed by atoms with Crippen molar-refractivity contribution in [3.63, 3.8) is 0 Å². The molecule has 3 aromatic rings. The number of carbonyl (C=O) groups excluding carboxylic acids is 1. The third-order valence-electron chi connectivity index (χ3n) is 4.56. The summed E-state index contributed by atoms with van der Waals surface area (Å²) in [5, 5.41) is 0. The molecule has 5 heteroatoms. The summed E-state index contributed by atoms with van der Waals surface area (Å²) < 4.78 is 5.38. The number of aromatic nitrogens is 2. The van der Waals surface area contributed by atoms with Crippen LogP contribution in [0.1, 0.15) is 17.0 Å². The van der Waals surface area contributed by atoms with Crippen molar-refractivity contribution in [2.45, 2.75) is 6.92 Å². The van der Waals surface area contributed by atoms with Gasteiger partial charge in [0.25, 0.3) is 5.91 Å². The molecule has 1 aromatic heterocycles. The predicted molar refractivity (Wildman–Crippen MR) is 103 cm³/mol. The van der Waals surface area contributed by atoms with E-state index in [1.807, 2.05) is 66.4 Å². The molecule has 0 unspecified atom stereocenters. The first kappa shape index (κ1) is 16.5. The van der Waals surface area contributed by atoms with Crippen molar-refractivity contribution in [1.82, 2.24) is 14.9 Å². The number of aromatic amines is 1. The Morgan fingerprint density at radius 3 is 2.58 bits per heavy atom. The molecule has 4 rings (SSSR count). The number of H-pyrrole nitrogens is 1. The van der Waals surface area contributed by atoms with Crippen LogP contribution in [0.4, 0.5) is 0 Å². The van der Waals surface area contributed by atoms with Gasteiger partial charge >= 0.3 is 0 Å². The quantitative estimate of drug-likeness (QED) is 0.740. The molecule has 0 atom stereocenters. The standard InChI is InChI=1S/C21H21N3O2/c1-15-6-8-16(9-7-15)14-17(21(25)24-10-12-26-13-11-24)20-22-18-4-2-3-5-19(18)23-20/h2-9,14H,10-13H2,1H3,(H,22,23)/b17-14+. The number of nitrogens with one attached hydrogen (secondary N) is 1. The fourth-order valence-corrected chi connectivity index (χ4v) is 3.08. The lowest BCUT2D eigenvalue weighted by molar-refractivity contribution is -0.128. The maximum atomic E-state index is 13.2. The molecule has 1 fully saturated rings. The van der Waals surface area contributed by atoms with E-state index in [-0.39, 0.29) is 5.91 Å². The van der Waals surface area contributed by atoms with Gasteiger partial charge in [-0.2, -0.15) is 0 Å². The molecule has 5 nitrogen and oxygen atoms in total. The van der Waals surface area contributed by atoms with Crippen LogP contribution in [-0.2, 0) is 9.53 Å². The van der Waals surface area contributed by atoms with Gasteiger partial charge in [0.15, 0.2) is 0 Å². The van der Waals surface area contributed by atoms with Gasteiger partial charge in [-0.05, 0) is 30.7 Å². The Labute approximate surface area is 152 Å². The van der Waals surface area contributed by atoms with E-state index in [2.05, 4.69) is 9.97 Å². The number of aryl methyl sites for hydroxylation is 1. The molecule has 0 aliphatic carbocycles. The highest BCUT2D eigenvalue weighted by molar-refractivity contribution is 6.23. The molecule has 1 saturated heterocycles. The second kappa shape index (κ2) is 7.14. The minimum Gasteiger partial charge on any atom is -0.378 e. The Kier molecular flexibility index (Phi) is 4.54. The fraction of sp³-hybridized carbons (Fsp3) is 0.238. The number of ether oxygens (including phenoxy) is 1. The minimum absolute atomic E-state index is 0.0204. The third kappa shape index (κ3) is 3.39.